The summed E-state index contributed by atoms with van der Waals surface area (Å²) in [5.41, 5.74) is 0.0607. The SMILES string of the molecule is CSC1(CNc2ncc([N+](=O)[O-])cc2C#N)CCCCC1. The van der Waals surface area contributed by atoms with E-state index in [0.717, 1.165) is 19.4 Å². The number of pyridine rings is 1. The molecule has 0 unspecified atom stereocenters. The highest BCUT2D eigenvalue weighted by Gasteiger charge is 2.31. The maximum atomic E-state index is 10.7. The molecule has 7 heteroatoms. The van der Waals surface area contributed by atoms with Crippen LogP contribution >= 0.6 is 11.8 Å². The van der Waals surface area contributed by atoms with E-state index in [-0.39, 0.29) is 16.0 Å². The molecule has 1 heterocycles. The van der Waals surface area contributed by atoms with Crippen LogP contribution in [0.1, 0.15) is 37.7 Å². The van der Waals surface area contributed by atoms with Gasteiger partial charge in [0.1, 0.15) is 23.6 Å². The maximum Gasteiger partial charge on any atom is 0.289 e. The van der Waals surface area contributed by atoms with E-state index in [1.54, 1.807) is 0 Å². The summed E-state index contributed by atoms with van der Waals surface area (Å²) in [6.07, 6.45) is 9.33. The first kappa shape index (κ1) is 15.6. The van der Waals surface area contributed by atoms with E-state index in [1.165, 1.54) is 31.5 Å². The van der Waals surface area contributed by atoms with Crippen LogP contribution in [0.25, 0.3) is 0 Å². The molecule has 1 saturated carbocycles. The van der Waals surface area contributed by atoms with Crippen molar-refractivity contribution in [1.82, 2.24) is 4.98 Å². The van der Waals surface area contributed by atoms with Crippen molar-refractivity contribution in [2.24, 2.45) is 0 Å². The van der Waals surface area contributed by atoms with E-state index in [2.05, 4.69) is 16.6 Å². The fourth-order valence-electron chi connectivity index (χ4n) is 2.67. The van der Waals surface area contributed by atoms with Crippen molar-refractivity contribution in [3.05, 3.63) is 27.9 Å². The minimum absolute atomic E-state index is 0.158. The zero-order valence-corrected chi connectivity index (χ0v) is 12.8. The molecule has 1 N–H and O–H groups in total. The first-order valence-electron chi connectivity index (χ1n) is 6.94. The van der Waals surface area contributed by atoms with Crippen LogP contribution in [0.15, 0.2) is 12.3 Å². The molecule has 1 aromatic heterocycles. The normalized spacial score (nSPS) is 17.0. The Morgan fingerprint density at radius 1 is 1.52 bits per heavy atom. The lowest BCUT2D eigenvalue weighted by Crippen LogP contribution is -2.35. The average Bonchev–Trinajstić information content (AvgIpc) is 2.53. The second-order valence-electron chi connectivity index (χ2n) is 5.26. The van der Waals surface area contributed by atoms with Gasteiger partial charge >= 0.3 is 0 Å². The first-order chi connectivity index (χ1) is 10.1. The summed E-state index contributed by atoms with van der Waals surface area (Å²) >= 11 is 1.85. The number of thioether (sulfide) groups is 1. The molecule has 21 heavy (non-hydrogen) atoms. The van der Waals surface area contributed by atoms with Gasteiger partial charge in [-0.3, -0.25) is 10.1 Å². The summed E-state index contributed by atoms with van der Waals surface area (Å²) in [5, 5.41) is 23.1. The summed E-state index contributed by atoms with van der Waals surface area (Å²) in [6.45, 7) is 0.730. The van der Waals surface area contributed by atoms with E-state index in [9.17, 15) is 10.1 Å². The summed E-state index contributed by atoms with van der Waals surface area (Å²) < 4.78 is 0.175. The summed E-state index contributed by atoms with van der Waals surface area (Å²) in [7, 11) is 0. The number of rotatable bonds is 5. The molecule has 0 atom stereocenters. The molecule has 0 radical (unpaired) electrons. The third kappa shape index (κ3) is 3.64. The second kappa shape index (κ2) is 6.76. The molecular formula is C14H18N4O2S. The molecular weight excluding hydrogens is 288 g/mol. The average molecular weight is 306 g/mol. The number of hydrogen-bond donors (Lipinski definition) is 1. The van der Waals surface area contributed by atoms with Gasteiger partial charge in [-0.2, -0.15) is 17.0 Å². The van der Waals surface area contributed by atoms with Crippen molar-refractivity contribution in [3.63, 3.8) is 0 Å². The summed E-state index contributed by atoms with van der Waals surface area (Å²) in [6, 6.07) is 3.24. The van der Waals surface area contributed by atoms with Crippen LogP contribution in [-0.2, 0) is 0 Å². The molecule has 0 aromatic carbocycles. The van der Waals surface area contributed by atoms with E-state index in [4.69, 9.17) is 5.26 Å². The van der Waals surface area contributed by atoms with Crippen molar-refractivity contribution in [1.29, 1.82) is 5.26 Å². The Balaban J connectivity index is 2.12. The fraction of sp³-hybridized carbons (Fsp3) is 0.571. The molecule has 2 rings (SSSR count). The fourth-order valence-corrected chi connectivity index (χ4v) is 3.59. The molecule has 0 saturated heterocycles. The number of hydrogen-bond acceptors (Lipinski definition) is 6. The Kier molecular flexibility index (Phi) is 5.02. The minimum Gasteiger partial charge on any atom is -0.368 e. The lowest BCUT2D eigenvalue weighted by molar-refractivity contribution is -0.385. The zero-order chi connectivity index (χ0) is 15.3. The molecule has 0 spiro atoms. The smallest absolute Gasteiger partial charge is 0.289 e. The van der Waals surface area contributed by atoms with Gasteiger partial charge < -0.3 is 5.32 Å². The molecule has 0 amide bonds. The third-order valence-electron chi connectivity index (χ3n) is 3.98. The van der Waals surface area contributed by atoms with Gasteiger partial charge in [-0.05, 0) is 19.1 Å². The quantitative estimate of drug-likeness (QED) is 0.662. The highest BCUT2D eigenvalue weighted by Crippen LogP contribution is 2.38. The molecule has 1 aromatic rings. The molecule has 1 fully saturated rings. The summed E-state index contributed by atoms with van der Waals surface area (Å²) in [5.74, 6) is 0.432. The van der Waals surface area contributed by atoms with Crippen molar-refractivity contribution in [3.8, 4) is 6.07 Å². The van der Waals surface area contributed by atoms with Crippen molar-refractivity contribution >= 4 is 23.3 Å². The number of nitrogens with one attached hydrogen (secondary N) is 1. The lowest BCUT2D eigenvalue weighted by Gasteiger charge is -2.36. The van der Waals surface area contributed by atoms with Crippen molar-refractivity contribution in [2.75, 3.05) is 18.1 Å². The van der Waals surface area contributed by atoms with Crippen LogP contribution in [0.3, 0.4) is 0 Å². The monoisotopic (exact) mass is 306 g/mol. The zero-order valence-electron chi connectivity index (χ0n) is 12.0. The third-order valence-corrected chi connectivity index (χ3v) is 5.40. The van der Waals surface area contributed by atoms with Crippen LogP contribution in [0.5, 0.6) is 0 Å². The van der Waals surface area contributed by atoms with Crippen molar-refractivity contribution in [2.45, 2.75) is 36.9 Å². The molecule has 112 valence electrons. The molecule has 1 aliphatic carbocycles. The molecule has 6 nitrogen and oxygen atoms in total. The van der Waals surface area contributed by atoms with Crippen LogP contribution in [0.2, 0.25) is 0 Å². The Bertz CT molecular complexity index is 565. The maximum absolute atomic E-state index is 10.7. The topological polar surface area (TPSA) is 91.8 Å². The van der Waals surface area contributed by atoms with Gasteiger partial charge in [-0.1, -0.05) is 19.3 Å². The van der Waals surface area contributed by atoms with Crippen molar-refractivity contribution < 1.29 is 4.92 Å². The number of nitro groups is 1. The molecule has 0 bridgehead atoms. The van der Waals surface area contributed by atoms with Gasteiger partial charge in [0.25, 0.3) is 5.69 Å². The van der Waals surface area contributed by atoms with Gasteiger partial charge in [0.2, 0.25) is 0 Å². The minimum atomic E-state index is -0.540. The number of anilines is 1. The standard InChI is InChI=1S/C14H18N4O2S/c1-21-14(5-3-2-4-6-14)10-17-13-11(8-15)7-12(9-16-13)18(19)20/h7,9H,2-6,10H2,1H3,(H,16,17). The van der Waals surface area contributed by atoms with Crippen LogP contribution in [0, 0.1) is 21.4 Å². The highest BCUT2D eigenvalue weighted by molar-refractivity contribution is 8.00. The van der Waals surface area contributed by atoms with Crippen LogP contribution in [-0.4, -0.2) is 27.5 Å². The number of nitrogens with zero attached hydrogens (tertiary/aromatic N) is 3. The van der Waals surface area contributed by atoms with Gasteiger partial charge in [0, 0.05) is 17.4 Å². The highest BCUT2D eigenvalue weighted by atomic mass is 32.2. The predicted molar refractivity (Wildman–Crippen MR) is 83.4 cm³/mol. The number of aromatic nitrogens is 1. The van der Waals surface area contributed by atoms with E-state index in [1.807, 2.05) is 17.8 Å². The van der Waals surface area contributed by atoms with E-state index >= 15 is 0 Å². The number of nitriles is 1. The van der Waals surface area contributed by atoms with E-state index in [0.29, 0.717) is 5.82 Å². The summed E-state index contributed by atoms with van der Waals surface area (Å²) in [4.78, 5) is 14.2. The Hall–Kier alpha value is -1.81. The van der Waals surface area contributed by atoms with Gasteiger partial charge in [0.15, 0.2) is 0 Å². The molecule has 1 aliphatic rings. The predicted octanol–water partition coefficient (Wildman–Crippen LogP) is 3.34. The van der Waals surface area contributed by atoms with Gasteiger partial charge in [-0.25, -0.2) is 4.98 Å². The Morgan fingerprint density at radius 2 is 2.24 bits per heavy atom. The lowest BCUT2D eigenvalue weighted by atomic mass is 9.88. The van der Waals surface area contributed by atoms with Gasteiger partial charge in [-0.15, -0.1) is 0 Å². The Labute approximate surface area is 128 Å². The van der Waals surface area contributed by atoms with Gasteiger partial charge in [0.05, 0.1) is 4.92 Å². The second-order valence-corrected chi connectivity index (χ2v) is 6.53. The van der Waals surface area contributed by atoms with E-state index < -0.39 is 4.92 Å². The Morgan fingerprint density at radius 3 is 2.81 bits per heavy atom. The van der Waals surface area contributed by atoms with Crippen LogP contribution < -0.4 is 5.32 Å². The van der Waals surface area contributed by atoms with Crippen LogP contribution in [0.4, 0.5) is 11.5 Å². The largest absolute Gasteiger partial charge is 0.368 e. The first-order valence-corrected chi connectivity index (χ1v) is 8.16. The molecule has 0 aliphatic heterocycles.